The van der Waals surface area contributed by atoms with Gasteiger partial charge in [0.25, 0.3) is 0 Å². The second-order valence-electron chi connectivity index (χ2n) is 11.9. The van der Waals surface area contributed by atoms with E-state index in [9.17, 15) is 31.1 Å². The minimum absolute atomic E-state index is 0.0583. The molecule has 0 saturated heterocycles. The van der Waals surface area contributed by atoms with Gasteiger partial charge >= 0.3 is 12.4 Å². The van der Waals surface area contributed by atoms with Gasteiger partial charge in [0.2, 0.25) is 0 Å². The van der Waals surface area contributed by atoms with Crippen molar-refractivity contribution in [1.29, 1.82) is 0 Å². The maximum absolute atomic E-state index is 13.8. The number of hydrogen-bond acceptors (Lipinski definition) is 5. The fourth-order valence-corrected chi connectivity index (χ4v) is 6.60. The lowest BCUT2D eigenvalue weighted by molar-refractivity contribution is -0.137. The van der Waals surface area contributed by atoms with Crippen molar-refractivity contribution in [3.8, 4) is 23.0 Å². The van der Waals surface area contributed by atoms with Crippen molar-refractivity contribution in [2.75, 3.05) is 11.5 Å². The zero-order valence-electron chi connectivity index (χ0n) is 26.3. The number of carbonyl (C=O) groups excluding carboxylic acids is 1. The Bertz CT molecular complexity index is 2120. The van der Waals surface area contributed by atoms with Crippen molar-refractivity contribution in [2.45, 2.75) is 17.8 Å². The Balaban J connectivity index is 1.33. The second-order valence-corrected chi connectivity index (χ2v) is 11.9. The highest BCUT2D eigenvalue weighted by atomic mass is 19.4. The number of nitrogens with two attached hydrogens (primary N) is 2. The van der Waals surface area contributed by atoms with Crippen LogP contribution in [0.1, 0.15) is 49.3 Å². The summed E-state index contributed by atoms with van der Waals surface area (Å²) in [5.41, 5.74) is 10.9. The molecule has 7 rings (SSSR count). The number of anilines is 2. The molecule has 0 bridgehead atoms. The Labute approximate surface area is 287 Å². The summed E-state index contributed by atoms with van der Waals surface area (Å²) in [6.07, 6.45) is -9.33. The van der Waals surface area contributed by atoms with Crippen LogP contribution < -0.4 is 20.9 Å². The van der Waals surface area contributed by atoms with E-state index in [0.717, 1.165) is 24.3 Å². The number of nitrogen functional groups attached to an aromatic ring is 2. The summed E-state index contributed by atoms with van der Waals surface area (Å²) in [6.45, 7) is 0. The van der Waals surface area contributed by atoms with Gasteiger partial charge in [0, 0.05) is 22.5 Å². The third kappa shape index (κ3) is 5.90. The molecule has 0 heterocycles. The lowest BCUT2D eigenvalue weighted by Crippen LogP contribution is -2.38. The van der Waals surface area contributed by atoms with Gasteiger partial charge in [-0.15, -0.1) is 0 Å². The van der Waals surface area contributed by atoms with Crippen LogP contribution in [0.3, 0.4) is 0 Å². The van der Waals surface area contributed by atoms with E-state index in [1.165, 1.54) is 12.1 Å². The number of benzene rings is 6. The Kier molecular flexibility index (Phi) is 8.01. The van der Waals surface area contributed by atoms with Crippen LogP contribution in [0.4, 0.5) is 37.7 Å². The Hall–Kier alpha value is -6.23. The molecule has 0 amide bonds. The number of ether oxygens (including phenoxy) is 2. The van der Waals surface area contributed by atoms with Crippen LogP contribution in [-0.2, 0) is 17.8 Å². The van der Waals surface area contributed by atoms with E-state index in [1.807, 2.05) is 24.3 Å². The first-order chi connectivity index (χ1) is 24.3. The van der Waals surface area contributed by atoms with Gasteiger partial charge in [-0.3, -0.25) is 4.79 Å². The average Bonchev–Trinajstić information content (AvgIpc) is 3.10. The standard InChI is InChI=1S/C40H26F6N2O3/c41-39(42,43)33-21-27(17-19-35(33)47)50-25-13-9-23(10-14-25)38(31-7-3-1-5-29(31)37(49)30-6-2-4-8-32(30)38)24-11-15-26(16-12-24)51-28-18-20-36(48)34(22-28)40(44,45)46/h1-22H,47-48H2. The van der Waals surface area contributed by atoms with Crippen molar-refractivity contribution in [2.24, 2.45) is 0 Å². The number of hydrogen-bond donors (Lipinski definition) is 2. The first-order valence-electron chi connectivity index (χ1n) is 15.5. The van der Waals surface area contributed by atoms with Crippen LogP contribution in [0, 0.1) is 0 Å². The zero-order chi connectivity index (χ0) is 36.1. The normalized spacial score (nSPS) is 13.6. The van der Waals surface area contributed by atoms with E-state index in [0.29, 0.717) is 33.4 Å². The summed E-state index contributed by atoms with van der Waals surface area (Å²) in [5.74, 6) is 0.231. The van der Waals surface area contributed by atoms with Gasteiger partial charge in [-0.05, 0) is 82.9 Å². The monoisotopic (exact) mass is 696 g/mol. The van der Waals surface area contributed by atoms with Crippen molar-refractivity contribution in [3.63, 3.8) is 0 Å². The molecule has 11 heteroatoms. The molecule has 0 unspecified atom stereocenters. The number of carbonyl (C=O) groups is 1. The minimum atomic E-state index is -4.67. The highest BCUT2D eigenvalue weighted by Crippen LogP contribution is 2.51. The molecule has 0 aliphatic heterocycles. The summed E-state index contributed by atoms with van der Waals surface area (Å²) >= 11 is 0. The van der Waals surface area contributed by atoms with E-state index < -0.39 is 40.3 Å². The largest absolute Gasteiger partial charge is 0.457 e. The first-order valence-corrected chi connectivity index (χ1v) is 15.5. The molecule has 51 heavy (non-hydrogen) atoms. The first kappa shape index (κ1) is 33.3. The van der Waals surface area contributed by atoms with Crippen LogP contribution in [0.5, 0.6) is 23.0 Å². The minimum Gasteiger partial charge on any atom is -0.457 e. The number of rotatable bonds is 6. The van der Waals surface area contributed by atoms with Gasteiger partial charge in [-0.1, -0.05) is 72.8 Å². The van der Waals surface area contributed by atoms with E-state index in [-0.39, 0.29) is 28.8 Å². The summed E-state index contributed by atoms with van der Waals surface area (Å²) in [4.78, 5) is 13.8. The van der Waals surface area contributed by atoms with Gasteiger partial charge < -0.3 is 20.9 Å². The van der Waals surface area contributed by atoms with Gasteiger partial charge in [-0.25, -0.2) is 0 Å². The number of ketones is 1. The SMILES string of the molecule is Nc1ccc(Oc2ccc(C3(c4ccc(Oc5ccc(N)c(C(F)(F)F)c5)cc4)c4ccccc4C(=O)c4ccccc43)cc2)cc1C(F)(F)F. The highest BCUT2D eigenvalue weighted by Gasteiger charge is 2.46. The molecular weight excluding hydrogens is 670 g/mol. The van der Waals surface area contributed by atoms with Crippen LogP contribution in [0.25, 0.3) is 0 Å². The topological polar surface area (TPSA) is 87.6 Å². The van der Waals surface area contributed by atoms with Crippen molar-refractivity contribution in [3.05, 3.63) is 178 Å². The molecule has 4 N–H and O–H groups in total. The van der Waals surface area contributed by atoms with Crippen LogP contribution in [-0.4, -0.2) is 5.78 Å². The van der Waals surface area contributed by atoms with Crippen molar-refractivity contribution >= 4 is 17.2 Å². The predicted molar refractivity (Wildman–Crippen MR) is 180 cm³/mol. The Morgan fingerprint density at radius 2 is 0.824 bits per heavy atom. The number of halogens is 6. The zero-order valence-corrected chi connectivity index (χ0v) is 26.3. The lowest BCUT2D eigenvalue weighted by atomic mass is 9.59. The summed E-state index contributed by atoms with van der Waals surface area (Å²) in [7, 11) is 0. The molecular formula is C40H26F6N2O3. The lowest BCUT2D eigenvalue weighted by Gasteiger charge is -2.41. The smallest absolute Gasteiger partial charge is 0.418 e. The van der Waals surface area contributed by atoms with E-state index >= 15 is 0 Å². The molecule has 0 atom stereocenters. The van der Waals surface area contributed by atoms with Crippen LogP contribution >= 0.6 is 0 Å². The predicted octanol–water partition coefficient (Wildman–Crippen LogP) is 10.4. The van der Waals surface area contributed by atoms with E-state index in [1.54, 1.807) is 72.8 Å². The number of alkyl halides is 6. The highest BCUT2D eigenvalue weighted by molar-refractivity contribution is 6.14. The molecule has 0 radical (unpaired) electrons. The maximum atomic E-state index is 13.8. The van der Waals surface area contributed by atoms with Gasteiger partial charge in [0.05, 0.1) is 16.5 Å². The average molecular weight is 697 g/mol. The summed E-state index contributed by atoms with van der Waals surface area (Å²) in [5, 5.41) is 0. The molecule has 0 spiro atoms. The molecule has 6 aromatic rings. The number of fused-ring (bicyclic) bond motifs is 2. The molecule has 1 aliphatic rings. The van der Waals surface area contributed by atoms with Gasteiger partial charge in [0.1, 0.15) is 23.0 Å². The fraction of sp³-hybridized carbons (Fsp3) is 0.0750. The van der Waals surface area contributed by atoms with Crippen molar-refractivity contribution < 1.29 is 40.6 Å². The van der Waals surface area contributed by atoms with Crippen LogP contribution in [0.15, 0.2) is 133 Å². The fourth-order valence-electron chi connectivity index (χ4n) is 6.60. The van der Waals surface area contributed by atoms with E-state index in [2.05, 4.69) is 0 Å². The summed E-state index contributed by atoms with van der Waals surface area (Å²) < 4.78 is 92.6. The molecule has 1 aliphatic carbocycles. The Morgan fingerprint density at radius 1 is 0.471 bits per heavy atom. The molecule has 5 nitrogen and oxygen atoms in total. The second kappa shape index (κ2) is 12.3. The molecule has 0 saturated carbocycles. The summed E-state index contributed by atoms with van der Waals surface area (Å²) in [6, 6.07) is 34.6. The molecule has 6 aromatic carbocycles. The quantitative estimate of drug-likeness (QED) is 0.134. The van der Waals surface area contributed by atoms with Crippen molar-refractivity contribution in [1.82, 2.24) is 0 Å². The molecule has 0 fully saturated rings. The third-order valence-corrected chi connectivity index (χ3v) is 8.86. The third-order valence-electron chi connectivity index (χ3n) is 8.86. The molecule has 256 valence electrons. The Morgan fingerprint density at radius 3 is 1.20 bits per heavy atom. The maximum Gasteiger partial charge on any atom is 0.418 e. The molecule has 0 aromatic heterocycles. The van der Waals surface area contributed by atoms with E-state index in [4.69, 9.17) is 20.9 Å². The van der Waals surface area contributed by atoms with Crippen LogP contribution in [0.2, 0.25) is 0 Å². The van der Waals surface area contributed by atoms with Gasteiger partial charge in [0.15, 0.2) is 5.78 Å². The van der Waals surface area contributed by atoms with Gasteiger partial charge in [-0.2, -0.15) is 26.3 Å².